The van der Waals surface area contributed by atoms with Gasteiger partial charge in [-0.3, -0.25) is 4.79 Å². The number of thiophene rings is 1. The van der Waals surface area contributed by atoms with Crippen LogP contribution in [0.1, 0.15) is 31.6 Å². The van der Waals surface area contributed by atoms with E-state index in [1.54, 1.807) is 0 Å². The van der Waals surface area contributed by atoms with Crippen LogP contribution in [0.4, 0.5) is 8.78 Å². The van der Waals surface area contributed by atoms with E-state index in [2.05, 4.69) is 31.9 Å². The molecule has 1 aromatic rings. The van der Waals surface area contributed by atoms with Crippen molar-refractivity contribution in [1.82, 2.24) is 0 Å². The summed E-state index contributed by atoms with van der Waals surface area (Å²) in [4.78, 5) is 10.6. The third-order valence-electron chi connectivity index (χ3n) is 2.34. The Morgan fingerprint density at radius 1 is 1.44 bits per heavy atom. The van der Waals surface area contributed by atoms with Crippen LogP contribution < -0.4 is 0 Å². The van der Waals surface area contributed by atoms with Crippen molar-refractivity contribution in [1.29, 1.82) is 0 Å². The molecule has 0 unspecified atom stereocenters. The molecule has 1 heterocycles. The van der Waals surface area contributed by atoms with E-state index in [4.69, 9.17) is 5.11 Å². The minimum atomic E-state index is -3.03. The molecule has 0 fully saturated rings. The average Bonchev–Trinajstić information content (AvgIpc) is 2.42. The fraction of sp³-hybridized carbons (Fsp3) is 0.545. The summed E-state index contributed by atoms with van der Waals surface area (Å²) in [6, 6.07) is 1.37. The van der Waals surface area contributed by atoms with Gasteiger partial charge in [-0.05, 0) is 43.3 Å². The largest absolute Gasteiger partial charge is 0.481 e. The Bertz CT molecular complexity index is 438. The Balaban J connectivity index is 2.90. The van der Waals surface area contributed by atoms with Gasteiger partial charge >= 0.3 is 5.97 Å². The third kappa shape index (κ3) is 4.28. The summed E-state index contributed by atoms with van der Waals surface area (Å²) in [6.07, 6.45) is -0.776. The number of carboxylic acid groups (broad SMARTS) is 1. The molecule has 0 aromatic carbocycles. The zero-order valence-electron chi connectivity index (χ0n) is 9.77. The minimum absolute atomic E-state index is 0.0697. The molecule has 0 saturated heterocycles. The van der Waals surface area contributed by atoms with E-state index in [0.29, 0.717) is 8.26 Å². The zero-order chi connectivity index (χ0) is 14.1. The number of rotatable bonds is 5. The number of hydrogen-bond acceptors (Lipinski definition) is 2. The van der Waals surface area contributed by atoms with Crippen molar-refractivity contribution in [2.24, 2.45) is 5.41 Å². The van der Waals surface area contributed by atoms with Crippen molar-refractivity contribution < 1.29 is 18.7 Å². The first kappa shape index (κ1) is 16.0. The van der Waals surface area contributed by atoms with Gasteiger partial charge in [-0.1, -0.05) is 13.8 Å². The van der Waals surface area contributed by atoms with E-state index in [1.807, 2.05) is 0 Å². The molecule has 0 spiro atoms. The van der Waals surface area contributed by atoms with Crippen molar-refractivity contribution in [3.8, 4) is 0 Å². The van der Waals surface area contributed by atoms with Crippen LogP contribution in [0.25, 0.3) is 0 Å². The maximum atomic E-state index is 14.1. The summed E-state index contributed by atoms with van der Waals surface area (Å²) in [5.41, 5.74) is -0.960. The van der Waals surface area contributed by atoms with Crippen LogP contribution in [0.5, 0.6) is 0 Å². The highest BCUT2D eigenvalue weighted by molar-refractivity contribution is 9.13. The first-order valence-electron chi connectivity index (χ1n) is 5.08. The molecule has 18 heavy (non-hydrogen) atoms. The fourth-order valence-corrected chi connectivity index (χ4v) is 3.70. The lowest BCUT2D eigenvalue weighted by Crippen LogP contribution is -2.26. The van der Waals surface area contributed by atoms with Crippen molar-refractivity contribution in [3.05, 3.63) is 19.2 Å². The number of carboxylic acids is 1. The number of alkyl halides is 2. The fourth-order valence-electron chi connectivity index (χ4n) is 1.69. The Labute approximate surface area is 125 Å². The highest BCUT2D eigenvalue weighted by atomic mass is 79.9. The van der Waals surface area contributed by atoms with E-state index in [9.17, 15) is 13.6 Å². The molecule has 1 N–H and O–H groups in total. The predicted octanol–water partition coefficient (Wildman–Crippen LogP) is 5.26. The quantitative estimate of drug-likeness (QED) is 0.725. The minimum Gasteiger partial charge on any atom is -0.481 e. The molecular formula is C11H12Br2F2O2S. The van der Waals surface area contributed by atoms with Crippen molar-refractivity contribution in [2.75, 3.05) is 0 Å². The second-order valence-corrected chi connectivity index (χ2v) is 8.07. The van der Waals surface area contributed by atoms with E-state index in [0.717, 1.165) is 11.3 Å². The van der Waals surface area contributed by atoms with Crippen LogP contribution in [0.15, 0.2) is 14.3 Å². The lowest BCUT2D eigenvalue weighted by atomic mass is 9.82. The third-order valence-corrected chi connectivity index (χ3v) is 5.70. The molecule has 0 saturated carbocycles. The van der Waals surface area contributed by atoms with Crippen molar-refractivity contribution in [3.63, 3.8) is 0 Å². The zero-order valence-corrected chi connectivity index (χ0v) is 13.8. The SMILES string of the molecule is CC(C)(CC(=O)O)CC(F)(F)c1cc(Br)c(Br)s1. The topological polar surface area (TPSA) is 37.3 Å². The van der Waals surface area contributed by atoms with Gasteiger partial charge in [0.1, 0.15) is 0 Å². The van der Waals surface area contributed by atoms with Crippen LogP contribution in [0.3, 0.4) is 0 Å². The number of carbonyl (C=O) groups is 1. The molecule has 1 aromatic heterocycles. The maximum absolute atomic E-state index is 14.1. The second-order valence-electron chi connectivity index (χ2n) is 4.85. The van der Waals surface area contributed by atoms with Crippen molar-refractivity contribution >= 4 is 49.2 Å². The smallest absolute Gasteiger partial charge is 0.303 e. The summed E-state index contributed by atoms with van der Waals surface area (Å²) in [7, 11) is 0. The Kier molecular flexibility index (Phi) is 4.94. The van der Waals surface area contributed by atoms with Gasteiger partial charge in [-0.15, -0.1) is 11.3 Å². The highest BCUT2D eigenvalue weighted by Crippen LogP contribution is 2.46. The molecule has 0 aliphatic carbocycles. The first-order valence-corrected chi connectivity index (χ1v) is 7.49. The van der Waals surface area contributed by atoms with Crippen LogP contribution >= 0.6 is 43.2 Å². The average molecular weight is 406 g/mol. The Morgan fingerprint density at radius 3 is 2.39 bits per heavy atom. The van der Waals surface area contributed by atoms with E-state index in [1.165, 1.54) is 19.9 Å². The van der Waals surface area contributed by atoms with Crippen LogP contribution in [0, 0.1) is 5.41 Å². The molecule has 0 atom stereocenters. The lowest BCUT2D eigenvalue weighted by Gasteiger charge is -2.27. The second kappa shape index (κ2) is 5.54. The molecule has 0 aliphatic heterocycles. The maximum Gasteiger partial charge on any atom is 0.303 e. The molecule has 0 bridgehead atoms. The van der Waals surface area contributed by atoms with Gasteiger partial charge in [0, 0.05) is 10.9 Å². The monoisotopic (exact) mass is 404 g/mol. The van der Waals surface area contributed by atoms with Gasteiger partial charge in [0.05, 0.1) is 15.1 Å². The van der Waals surface area contributed by atoms with Gasteiger partial charge in [-0.2, -0.15) is 0 Å². The van der Waals surface area contributed by atoms with Gasteiger partial charge in [0.15, 0.2) is 0 Å². The van der Waals surface area contributed by atoms with Crippen LogP contribution in [-0.4, -0.2) is 11.1 Å². The summed E-state index contributed by atoms with van der Waals surface area (Å²) < 4.78 is 29.3. The van der Waals surface area contributed by atoms with Crippen molar-refractivity contribution in [2.45, 2.75) is 32.6 Å². The number of halogens is 4. The molecule has 7 heteroatoms. The Hall–Kier alpha value is -0.0100. The number of aliphatic carboxylic acids is 1. The Morgan fingerprint density at radius 2 is 2.00 bits per heavy atom. The standard InChI is InChI=1S/C11H12Br2F2O2S/c1-10(2,4-8(16)17)5-11(14,15)7-3-6(12)9(13)18-7/h3H,4-5H2,1-2H3,(H,16,17). The van der Waals surface area contributed by atoms with E-state index >= 15 is 0 Å². The van der Waals surface area contributed by atoms with Crippen LogP contribution in [0.2, 0.25) is 0 Å². The summed E-state index contributed by atoms with van der Waals surface area (Å²) in [5, 5.41) is 8.71. The van der Waals surface area contributed by atoms with Gasteiger partial charge in [0.2, 0.25) is 0 Å². The molecule has 2 nitrogen and oxygen atoms in total. The lowest BCUT2D eigenvalue weighted by molar-refractivity contribution is -0.140. The molecule has 0 radical (unpaired) electrons. The summed E-state index contributed by atoms with van der Waals surface area (Å²) >= 11 is 7.29. The predicted molar refractivity (Wildman–Crippen MR) is 74.3 cm³/mol. The highest BCUT2D eigenvalue weighted by Gasteiger charge is 2.40. The van der Waals surface area contributed by atoms with Gasteiger partial charge < -0.3 is 5.11 Å². The van der Waals surface area contributed by atoms with Gasteiger partial charge in [-0.25, -0.2) is 8.78 Å². The first-order chi connectivity index (χ1) is 8.03. The van der Waals surface area contributed by atoms with Gasteiger partial charge in [0.25, 0.3) is 5.92 Å². The molecule has 0 aliphatic rings. The number of hydrogen-bond donors (Lipinski definition) is 1. The van der Waals surface area contributed by atoms with E-state index in [-0.39, 0.29) is 11.3 Å². The summed E-state index contributed by atoms with van der Waals surface area (Å²) in [6.45, 7) is 3.07. The normalized spacial score (nSPS) is 12.8. The molecule has 102 valence electrons. The molecule has 0 amide bonds. The van der Waals surface area contributed by atoms with Crippen LogP contribution in [-0.2, 0) is 10.7 Å². The van der Waals surface area contributed by atoms with E-state index < -0.39 is 23.7 Å². The summed E-state index contributed by atoms with van der Waals surface area (Å²) in [5.74, 6) is -4.10. The molecule has 1 rings (SSSR count). The molecular weight excluding hydrogens is 394 g/mol.